The number of methoxy groups -OCH3 is 1. The maximum absolute atomic E-state index is 13.4. The molecule has 1 amide bonds. The van der Waals surface area contributed by atoms with Crippen LogP contribution in [0.5, 0.6) is 17.2 Å². The third kappa shape index (κ3) is 4.02. The number of rotatable bonds is 6. The number of anilines is 1. The van der Waals surface area contributed by atoms with Crippen molar-refractivity contribution in [3.05, 3.63) is 72.1 Å². The second-order valence-electron chi connectivity index (χ2n) is 7.04. The van der Waals surface area contributed by atoms with Crippen LogP contribution in [0.3, 0.4) is 0 Å². The summed E-state index contributed by atoms with van der Waals surface area (Å²) in [4.78, 5) is 24.0. The van der Waals surface area contributed by atoms with Gasteiger partial charge in [-0.3, -0.25) is 14.7 Å². The summed E-state index contributed by atoms with van der Waals surface area (Å²) >= 11 is 1.46. The highest BCUT2D eigenvalue weighted by atomic mass is 32.1. The van der Waals surface area contributed by atoms with E-state index in [0.717, 1.165) is 27.1 Å². The lowest BCUT2D eigenvalue weighted by atomic mass is 10.1. The molecule has 8 heteroatoms. The fourth-order valence-electron chi connectivity index (χ4n) is 3.39. The number of fused-ring (bicyclic) bond motifs is 2. The van der Waals surface area contributed by atoms with E-state index >= 15 is 0 Å². The largest absolute Gasteiger partial charge is 0.497 e. The molecule has 31 heavy (non-hydrogen) atoms. The minimum Gasteiger partial charge on any atom is -0.497 e. The fourth-order valence-corrected chi connectivity index (χ4v) is 4.40. The van der Waals surface area contributed by atoms with Gasteiger partial charge in [-0.05, 0) is 47.5 Å². The van der Waals surface area contributed by atoms with E-state index in [1.54, 1.807) is 24.4 Å². The normalized spacial score (nSPS) is 12.2. The molecule has 0 atom stereocenters. The maximum Gasteiger partial charge on any atom is 0.233 e. The van der Waals surface area contributed by atoms with E-state index in [-0.39, 0.29) is 19.1 Å². The Kier molecular flexibility index (Phi) is 5.13. The number of hydrogen-bond acceptors (Lipinski definition) is 7. The predicted octanol–water partition coefficient (Wildman–Crippen LogP) is 4.20. The summed E-state index contributed by atoms with van der Waals surface area (Å²) in [6.45, 7) is 0.587. The Hall–Kier alpha value is -3.65. The number of pyridine rings is 1. The molecule has 0 N–H and O–H groups in total. The zero-order valence-electron chi connectivity index (χ0n) is 16.8. The Morgan fingerprint density at radius 1 is 1.13 bits per heavy atom. The molecule has 156 valence electrons. The molecule has 1 aliphatic rings. The molecule has 0 saturated carbocycles. The number of hydrogen-bond donors (Lipinski definition) is 0. The highest BCUT2D eigenvalue weighted by Crippen LogP contribution is 2.34. The third-order valence-corrected chi connectivity index (χ3v) is 6.01. The fraction of sp³-hybridized carbons (Fsp3) is 0.174. The van der Waals surface area contributed by atoms with Gasteiger partial charge in [-0.25, -0.2) is 4.98 Å². The average Bonchev–Trinajstić information content (AvgIpc) is 3.43. The topological polar surface area (TPSA) is 73.8 Å². The van der Waals surface area contributed by atoms with Crippen molar-refractivity contribution in [2.45, 2.75) is 13.0 Å². The number of carbonyl (C=O) groups excluding carboxylic acids is 1. The van der Waals surface area contributed by atoms with Crippen molar-refractivity contribution in [1.29, 1.82) is 0 Å². The van der Waals surface area contributed by atoms with Gasteiger partial charge in [0.05, 0.1) is 30.3 Å². The van der Waals surface area contributed by atoms with Crippen LogP contribution < -0.4 is 19.1 Å². The summed E-state index contributed by atoms with van der Waals surface area (Å²) in [7, 11) is 1.63. The molecule has 7 nitrogen and oxygen atoms in total. The van der Waals surface area contributed by atoms with E-state index in [0.29, 0.717) is 23.2 Å². The Bertz CT molecular complexity index is 1240. The highest BCUT2D eigenvalue weighted by Gasteiger charge is 2.22. The Morgan fingerprint density at radius 2 is 2.03 bits per heavy atom. The van der Waals surface area contributed by atoms with Gasteiger partial charge in [0, 0.05) is 12.4 Å². The molecule has 0 radical (unpaired) electrons. The minimum atomic E-state index is -0.0614. The van der Waals surface area contributed by atoms with Gasteiger partial charge in [0.15, 0.2) is 16.6 Å². The van der Waals surface area contributed by atoms with E-state index in [1.807, 2.05) is 48.5 Å². The van der Waals surface area contributed by atoms with Crippen molar-refractivity contribution in [3.8, 4) is 17.2 Å². The molecular formula is C23H19N3O4S. The van der Waals surface area contributed by atoms with E-state index in [4.69, 9.17) is 19.2 Å². The number of ether oxygens (including phenoxy) is 3. The van der Waals surface area contributed by atoms with Crippen LogP contribution in [0, 0.1) is 0 Å². The van der Waals surface area contributed by atoms with Crippen molar-refractivity contribution in [2.24, 2.45) is 0 Å². The van der Waals surface area contributed by atoms with Crippen LogP contribution in [0.25, 0.3) is 10.2 Å². The summed E-state index contributed by atoms with van der Waals surface area (Å²) < 4.78 is 17.1. The van der Waals surface area contributed by atoms with E-state index in [9.17, 15) is 4.79 Å². The molecule has 5 rings (SSSR count). The minimum absolute atomic E-state index is 0.0614. The molecule has 0 saturated heterocycles. The quantitative estimate of drug-likeness (QED) is 0.454. The molecule has 4 aromatic rings. The van der Waals surface area contributed by atoms with E-state index in [2.05, 4.69) is 4.98 Å². The number of carbonyl (C=O) groups is 1. The van der Waals surface area contributed by atoms with Gasteiger partial charge < -0.3 is 14.2 Å². The molecule has 0 spiro atoms. The lowest BCUT2D eigenvalue weighted by Gasteiger charge is -2.20. The molecular weight excluding hydrogens is 414 g/mol. The van der Waals surface area contributed by atoms with Crippen LogP contribution in [0.1, 0.15) is 11.1 Å². The second-order valence-corrected chi connectivity index (χ2v) is 8.04. The molecule has 2 aromatic carbocycles. The Balaban J connectivity index is 1.47. The first-order valence-electron chi connectivity index (χ1n) is 9.72. The van der Waals surface area contributed by atoms with Crippen molar-refractivity contribution in [1.82, 2.24) is 9.97 Å². The summed E-state index contributed by atoms with van der Waals surface area (Å²) in [6.07, 6.45) is 3.69. The first kappa shape index (κ1) is 19.3. The SMILES string of the molecule is COc1ccc2nc(N(Cc3cccnc3)C(=O)Cc3ccc4c(c3)OCO4)sc2c1. The summed E-state index contributed by atoms with van der Waals surface area (Å²) in [5, 5.41) is 0.637. The van der Waals surface area contributed by atoms with Gasteiger partial charge in [0.1, 0.15) is 5.75 Å². The number of thiazole rings is 1. The first-order chi connectivity index (χ1) is 15.2. The van der Waals surface area contributed by atoms with Crippen LogP contribution in [0.15, 0.2) is 60.9 Å². The van der Waals surface area contributed by atoms with Crippen molar-refractivity contribution in [2.75, 3.05) is 18.8 Å². The number of amides is 1. The molecule has 0 aliphatic carbocycles. The van der Waals surface area contributed by atoms with Gasteiger partial charge in [-0.15, -0.1) is 0 Å². The Labute approximate surface area is 182 Å². The predicted molar refractivity (Wildman–Crippen MR) is 118 cm³/mol. The number of benzene rings is 2. The lowest BCUT2D eigenvalue weighted by Crippen LogP contribution is -2.31. The summed E-state index contributed by atoms with van der Waals surface area (Å²) in [5.41, 5.74) is 2.61. The first-order valence-corrected chi connectivity index (χ1v) is 10.5. The molecule has 0 unspecified atom stereocenters. The monoisotopic (exact) mass is 433 g/mol. The molecule has 0 bridgehead atoms. The third-order valence-electron chi connectivity index (χ3n) is 4.97. The maximum atomic E-state index is 13.4. The van der Waals surface area contributed by atoms with Crippen LogP contribution >= 0.6 is 11.3 Å². The summed E-state index contributed by atoms with van der Waals surface area (Å²) in [5.74, 6) is 2.06. The van der Waals surface area contributed by atoms with Gasteiger partial charge in [0.25, 0.3) is 0 Å². The van der Waals surface area contributed by atoms with E-state index in [1.165, 1.54) is 11.3 Å². The van der Waals surface area contributed by atoms with Crippen LogP contribution in [0.4, 0.5) is 5.13 Å². The van der Waals surface area contributed by atoms with Crippen molar-refractivity contribution >= 4 is 32.6 Å². The van der Waals surface area contributed by atoms with Gasteiger partial charge in [-0.2, -0.15) is 0 Å². The number of aromatic nitrogens is 2. The average molecular weight is 433 g/mol. The van der Waals surface area contributed by atoms with Gasteiger partial charge in [0.2, 0.25) is 12.7 Å². The standard InChI is InChI=1S/C23H19N3O4S/c1-28-17-5-6-18-21(11-17)31-23(25-18)26(13-16-3-2-8-24-12-16)22(27)10-15-4-7-19-20(9-15)30-14-29-19/h2-9,11-12H,10,13-14H2,1H3. The molecule has 2 aromatic heterocycles. The van der Waals surface area contributed by atoms with Gasteiger partial charge in [-0.1, -0.05) is 23.5 Å². The number of nitrogens with zero attached hydrogens (tertiary/aromatic N) is 3. The van der Waals surface area contributed by atoms with Crippen LogP contribution in [-0.4, -0.2) is 29.8 Å². The highest BCUT2D eigenvalue weighted by molar-refractivity contribution is 7.22. The molecule has 3 heterocycles. The van der Waals surface area contributed by atoms with Crippen LogP contribution in [0.2, 0.25) is 0 Å². The van der Waals surface area contributed by atoms with Gasteiger partial charge >= 0.3 is 0 Å². The Morgan fingerprint density at radius 3 is 2.87 bits per heavy atom. The zero-order valence-corrected chi connectivity index (χ0v) is 17.6. The van der Waals surface area contributed by atoms with E-state index < -0.39 is 0 Å². The molecule has 0 fully saturated rings. The molecule has 1 aliphatic heterocycles. The zero-order chi connectivity index (χ0) is 21.2. The van der Waals surface area contributed by atoms with Crippen molar-refractivity contribution in [3.63, 3.8) is 0 Å². The van der Waals surface area contributed by atoms with Crippen molar-refractivity contribution < 1.29 is 19.0 Å². The lowest BCUT2D eigenvalue weighted by molar-refractivity contribution is -0.118. The van der Waals surface area contributed by atoms with Crippen LogP contribution in [-0.2, 0) is 17.8 Å². The smallest absolute Gasteiger partial charge is 0.233 e. The summed E-state index contributed by atoms with van der Waals surface area (Å²) in [6, 6.07) is 15.1. The second kappa shape index (κ2) is 8.23.